The van der Waals surface area contributed by atoms with Gasteiger partial charge in [0.05, 0.1) is 11.8 Å². The molecule has 0 unspecified atom stereocenters. The molecule has 3 N–H and O–H groups in total. The smallest absolute Gasteiger partial charge is 0.233 e. The van der Waals surface area contributed by atoms with Crippen LogP contribution < -0.4 is 31.1 Å². The fourth-order valence-corrected chi connectivity index (χ4v) is 3.97. The summed E-state index contributed by atoms with van der Waals surface area (Å²) in [6.07, 6.45) is 6.33. The van der Waals surface area contributed by atoms with Gasteiger partial charge in [-0.25, -0.2) is 9.38 Å². The lowest BCUT2D eigenvalue weighted by Gasteiger charge is -2.12. The van der Waals surface area contributed by atoms with Gasteiger partial charge in [0.25, 0.3) is 0 Å². The third-order valence-electron chi connectivity index (χ3n) is 5.59. The molecule has 1 aliphatic rings. The van der Waals surface area contributed by atoms with Crippen LogP contribution in [0.3, 0.4) is 0 Å². The normalized spacial score (nSPS) is 14.0. The largest absolute Gasteiger partial charge is 0.493 e. The summed E-state index contributed by atoms with van der Waals surface area (Å²) in [4.78, 5) is 28.6. The van der Waals surface area contributed by atoms with Crippen LogP contribution in [0.5, 0.6) is 5.75 Å². The summed E-state index contributed by atoms with van der Waals surface area (Å²) in [6.45, 7) is 12.2. The molecule has 7 nitrogen and oxygen atoms in total. The molecule has 0 bridgehead atoms. The summed E-state index contributed by atoms with van der Waals surface area (Å²) in [5.41, 5.74) is 1.20. The first-order valence-corrected chi connectivity index (χ1v) is 13.0. The van der Waals surface area contributed by atoms with E-state index in [1.54, 1.807) is 43.5 Å². The Morgan fingerprint density at radius 1 is 1.08 bits per heavy atom. The minimum Gasteiger partial charge on any atom is -0.493 e. The SMILES string of the molecule is C=c1cc(OCCC)cc(F)/c1=C(/N=C\C)Nc1ccc(NC(=O)CC(=O)NC2CCCC2)cc1.CC. The number of nitrogens with zero attached hydrogens (tertiary/aromatic N) is 1. The second-order valence-electron chi connectivity index (χ2n) is 8.50. The van der Waals surface area contributed by atoms with Gasteiger partial charge in [-0.15, -0.1) is 0 Å². The number of halogens is 1. The Kier molecular flexibility index (Phi) is 12.3. The van der Waals surface area contributed by atoms with E-state index in [0.29, 0.717) is 34.8 Å². The molecule has 0 heterocycles. The molecule has 0 atom stereocenters. The Morgan fingerprint density at radius 3 is 2.27 bits per heavy atom. The Hall–Kier alpha value is -3.68. The van der Waals surface area contributed by atoms with Crippen molar-refractivity contribution in [3.8, 4) is 5.75 Å². The molecule has 8 heteroatoms. The van der Waals surface area contributed by atoms with Crippen molar-refractivity contribution in [3.63, 3.8) is 0 Å². The lowest BCUT2D eigenvalue weighted by Crippen LogP contribution is -2.35. The minimum absolute atomic E-state index is 0.181. The number of ether oxygens (including phenoxy) is 1. The van der Waals surface area contributed by atoms with E-state index in [4.69, 9.17) is 4.74 Å². The van der Waals surface area contributed by atoms with E-state index in [1.807, 2.05) is 20.8 Å². The molecule has 2 aromatic carbocycles. The van der Waals surface area contributed by atoms with Gasteiger partial charge in [0.15, 0.2) is 0 Å². The predicted octanol–water partition coefficient (Wildman–Crippen LogP) is 4.71. The van der Waals surface area contributed by atoms with Gasteiger partial charge in [0.1, 0.15) is 23.8 Å². The van der Waals surface area contributed by atoms with Gasteiger partial charge in [-0.05, 0) is 61.7 Å². The van der Waals surface area contributed by atoms with Gasteiger partial charge in [-0.3, -0.25) is 9.59 Å². The van der Waals surface area contributed by atoms with Crippen LogP contribution >= 0.6 is 0 Å². The average molecular weight is 511 g/mol. The van der Waals surface area contributed by atoms with Crippen molar-refractivity contribution >= 4 is 41.8 Å². The van der Waals surface area contributed by atoms with Gasteiger partial charge in [0.2, 0.25) is 11.8 Å². The monoisotopic (exact) mass is 510 g/mol. The van der Waals surface area contributed by atoms with Crippen LogP contribution in [0.2, 0.25) is 0 Å². The summed E-state index contributed by atoms with van der Waals surface area (Å²) < 4.78 is 20.4. The number of benzene rings is 2. The van der Waals surface area contributed by atoms with Gasteiger partial charge < -0.3 is 20.7 Å². The van der Waals surface area contributed by atoms with Crippen LogP contribution in [0.15, 0.2) is 41.4 Å². The first-order chi connectivity index (χ1) is 17.9. The zero-order chi connectivity index (χ0) is 27.2. The Labute approximate surface area is 218 Å². The summed E-state index contributed by atoms with van der Waals surface area (Å²) >= 11 is 0. The summed E-state index contributed by atoms with van der Waals surface area (Å²) in [5, 5.41) is 9.45. The number of hydrogen-bond acceptors (Lipinski definition) is 5. The van der Waals surface area contributed by atoms with E-state index in [9.17, 15) is 14.0 Å². The van der Waals surface area contributed by atoms with Gasteiger partial charge in [-0.1, -0.05) is 40.2 Å². The second kappa shape index (κ2) is 15.4. The predicted molar refractivity (Wildman–Crippen MR) is 150 cm³/mol. The zero-order valence-corrected chi connectivity index (χ0v) is 22.3. The van der Waals surface area contributed by atoms with E-state index in [-0.39, 0.29) is 29.5 Å². The number of aliphatic imine (C=N–C) groups is 1. The molecule has 1 fully saturated rings. The molecule has 2 aromatic rings. The fraction of sp³-hybridized carbons (Fsp3) is 0.414. The highest BCUT2D eigenvalue weighted by molar-refractivity contribution is 6.03. The fourth-order valence-electron chi connectivity index (χ4n) is 3.97. The number of amides is 2. The van der Waals surface area contributed by atoms with Gasteiger partial charge >= 0.3 is 0 Å². The van der Waals surface area contributed by atoms with Crippen LogP contribution in [0.25, 0.3) is 12.4 Å². The van der Waals surface area contributed by atoms with Crippen molar-refractivity contribution in [1.82, 2.24) is 5.32 Å². The van der Waals surface area contributed by atoms with Gasteiger partial charge in [0, 0.05) is 29.7 Å². The van der Waals surface area contributed by atoms with E-state index in [0.717, 1.165) is 32.1 Å². The Bertz CT molecular complexity index is 1170. The molecular formula is C29H39FN4O3. The van der Waals surface area contributed by atoms with Crippen molar-refractivity contribution in [2.75, 3.05) is 17.2 Å². The number of hydrogen-bond donors (Lipinski definition) is 3. The van der Waals surface area contributed by atoms with Crippen LogP contribution in [-0.4, -0.2) is 30.7 Å². The minimum atomic E-state index is -0.489. The molecule has 0 saturated heterocycles. The summed E-state index contributed by atoms with van der Waals surface area (Å²) in [5.74, 6) is -0.400. The molecule has 1 aliphatic carbocycles. The molecular weight excluding hydrogens is 471 g/mol. The first kappa shape index (κ1) is 29.5. The van der Waals surface area contributed by atoms with Crippen molar-refractivity contribution in [3.05, 3.63) is 52.7 Å². The van der Waals surface area contributed by atoms with Crippen molar-refractivity contribution in [2.45, 2.75) is 72.3 Å². The third-order valence-corrected chi connectivity index (χ3v) is 5.59. The molecule has 3 rings (SSSR count). The first-order valence-electron chi connectivity index (χ1n) is 13.0. The molecule has 0 aliphatic heterocycles. The molecule has 0 spiro atoms. The van der Waals surface area contributed by atoms with Gasteiger partial charge in [-0.2, -0.15) is 0 Å². The molecule has 0 aromatic heterocycles. The van der Waals surface area contributed by atoms with Crippen LogP contribution in [0.4, 0.5) is 15.8 Å². The highest BCUT2D eigenvalue weighted by atomic mass is 19.1. The topological polar surface area (TPSA) is 91.8 Å². The second-order valence-corrected chi connectivity index (χ2v) is 8.50. The number of rotatable bonds is 10. The van der Waals surface area contributed by atoms with E-state index in [2.05, 4.69) is 27.5 Å². The number of carbonyl (C=O) groups excluding carboxylic acids is 2. The van der Waals surface area contributed by atoms with E-state index < -0.39 is 5.82 Å². The lowest BCUT2D eigenvalue weighted by atomic mass is 10.2. The molecule has 200 valence electrons. The molecule has 2 amide bonds. The van der Waals surface area contributed by atoms with E-state index in [1.165, 1.54) is 6.07 Å². The zero-order valence-electron chi connectivity index (χ0n) is 22.3. The lowest BCUT2D eigenvalue weighted by molar-refractivity contribution is -0.127. The highest BCUT2D eigenvalue weighted by Crippen LogP contribution is 2.18. The number of anilines is 2. The van der Waals surface area contributed by atoms with E-state index >= 15 is 0 Å². The summed E-state index contributed by atoms with van der Waals surface area (Å²) in [6, 6.07) is 10.1. The van der Waals surface area contributed by atoms with Crippen LogP contribution in [0.1, 0.15) is 66.2 Å². The van der Waals surface area contributed by atoms with Crippen molar-refractivity contribution < 1.29 is 18.7 Å². The van der Waals surface area contributed by atoms with Crippen molar-refractivity contribution in [2.24, 2.45) is 4.99 Å². The quantitative estimate of drug-likeness (QED) is 0.319. The molecule has 0 radical (unpaired) electrons. The Balaban J connectivity index is 0.00000235. The summed E-state index contributed by atoms with van der Waals surface area (Å²) in [7, 11) is 0. The maximum atomic E-state index is 14.9. The van der Waals surface area contributed by atoms with Crippen LogP contribution in [0, 0.1) is 5.82 Å². The highest BCUT2D eigenvalue weighted by Gasteiger charge is 2.18. The Morgan fingerprint density at radius 2 is 1.70 bits per heavy atom. The molecule has 37 heavy (non-hydrogen) atoms. The standard InChI is InChI=1S/C27H33FN4O3.C2H6/c1-4-14-35-22-15-18(3)26(23(28)16-22)27(29-5-2)32-21-12-10-20(11-13-21)31-25(34)17-24(33)30-19-8-6-7-9-19;1-2/h5,10-13,15-16,19,32H,3-4,6-9,14,17H2,1-2H3,(H,30,33)(H,31,34);1-2H3/b27-26-,29-5-;. The maximum Gasteiger partial charge on any atom is 0.233 e. The van der Waals surface area contributed by atoms with Crippen molar-refractivity contribution in [1.29, 1.82) is 0 Å². The third kappa shape index (κ3) is 9.37. The number of carbonyl (C=O) groups is 2. The number of nitrogens with one attached hydrogen (secondary N) is 3. The van der Waals surface area contributed by atoms with Crippen LogP contribution in [-0.2, 0) is 9.59 Å². The molecule has 1 saturated carbocycles. The average Bonchev–Trinajstić information content (AvgIpc) is 3.37. The maximum absolute atomic E-state index is 14.9.